The number of carbonyl (C=O) groups excluding carboxylic acids is 1. The van der Waals surface area contributed by atoms with E-state index in [1.807, 2.05) is 25.1 Å². The summed E-state index contributed by atoms with van der Waals surface area (Å²) in [5, 5.41) is 22.6. The Labute approximate surface area is 180 Å². The molecule has 0 spiro atoms. The van der Waals surface area contributed by atoms with Crippen molar-refractivity contribution in [3.63, 3.8) is 0 Å². The molecule has 0 radical (unpaired) electrons. The van der Waals surface area contributed by atoms with Gasteiger partial charge in [0.25, 0.3) is 5.91 Å². The van der Waals surface area contributed by atoms with Crippen molar-refractivity contribution in [2.75, 3.05) is 5.32 Å². The van der Waals surface area contributed by atoms with Gasteiger partial charge in [-0.15, -0.1) is 5.10 Å². The van der Waals surface area contributed by atoms with Gasteiger partial charge in [-0.2, -0.15) is 0 Å². The van der Waals surface area contributed by atoms with Gasteiger partial charge in [-0.25, -0.2) is 0 Å². The highest BCUT2D eigenvalue weighted by Crippen LogP contribution is 2.29. The minimum atomic E-state index is -0.510. The molecule has 158 valence electrons. The number of aromatic nitrogens is 2. The standard InChI is InChI=1S/C25H25N3O3/c1-15(2)14-17-8-10-18(11-9-17)16(3)24-27-28-25(31-24)26-23(30)21-13-12-19-6-4-5-7-20(19)22(21)29/h4-13,15-16,29H,14H2,1-3H3,(H,26,28,30). The van der Waals surface area contributed by atoms with Crippen LogP contribution in [-0.2, 0) is 6.42 Å². The summed E-state index contributed by atoms with van der Waals surface area (Å²) in [4.78, 5) is 12.7. The summed E-state index contributed by atoms with van der Waals surface area (Å²) in [6, 6.07) is 19.1. The number of fused-ring (bicyclic) bond motifs is 1. The van der Waals surface area contributed by atoms with Crippen LogP contribution in [0.5, 0.6) is 5.75 Å². The van der Waals surface area contributed by atoms with Gasteiger partial charge in [0.05, 0.1) is 11.5 Å². The third-order valence-electron chi connectivity index (χ3n) is 5.30. The highest BCUT2D eigenvalue weighted by atomic mass is 16.4. The molecule has 0 bridgehead atoms. The van der Waals surface area contributed by atoms with E-state index >= 15 is 0 Å². The molecule has 1 unspecified atom stereocenters. The molecule has 0 saturated carbocycles. The fourth-order valence-electron chi connectivity index (χ4n) is 3.62. The van der Waals surface area contributed by atoms with Crippen molar-refractivity contribution in [3.8, 4) is 5.75 Å². The van der Waals surface area contributed by atoms with E-state index in [2.05, 4.69) is 53.6 Å². The number of carbonyl (C=O) groups is 1. The van der Waals surface area contributed by atoms with E-state index in [9.17, 15) is 9.90 Å². The number of benzene rings is 3. The predicted octanol–water partition coefficient (Wildman–Crippen LogP) is 5.53. The molecular weight excluding hydrogens is 390 g/mol. The Morgan fingerprint density at radius 1 is 1.00 bits per heavy atom. The van der Waals surface area contributed by atoms with Crippen LogP contribution in [0, 0.1) is 5.92 Å². The number of phenolic OH excluding ortho intramolecular Hbond substituents is 1. The molecular formula is C25H25N3O3. The number of hydrogen-bond donors (Lipinski definition) is 2. The topological polar surface area (TPSA) is 88.2 Å². The van der Waals surface area contributed by atoms with Crippen LogP contribution in [-0.4, -0.2) is 21.2 Å². The van der Waals surface area contributed by atoms with Gasteiger partial charge < -0.3 is 9.52 Å². The Kier molecular flexibility index (Phi) is 5.71. The van der Waals surface area contributed by atoms with Gasteiger partial charge in [0, 0.05) is 5.39 Å². The van der Waals surface area contributed by atoms with E-state index in [1.165, 1.54) is 5.56 Å². The van der Waals surface area contributed by atoms with Crippen LogP contribution in [0.15, 0.2) is 65.1 Å². The SMILES string of the molecule is CC(C)Cc1ccc(C(C)c2nnc(NC(=O)c3ccc4ccccc4c3O)o2)cc1. The maximum absolute atomic E-state index is 12.7. The molecule has 0 fully saturated rings. The first-order valence-corrected chi connectivity index (χ1v) is 10.4. The van der Waals surface area contributed by atoms with Gasteiger partial charge in [0.15, 0.2) is 0 Å². The van der Waals surface area contributed by atoms with E-state index in [0.717, 1.165) is 17.4 Å². The van der Waals surface area contributed by atoms with Crippen LogP contribution in [0.25, 0.3) is 10.8 Å². The first-order valence-electron chi connectivity index (χ1n) is 10.4. The average molecular weight is 415 g/mol. The second-order valence-corrected chi connectivity index (χ2v) is 8.14. The fraction of sp³-hybridized carbons (Fsp3) is 0.240. The zero-order valence-electron chi connectivity index (χ0n) is 17.8. The molecule has 0 aliphatic heterocycles. The van der Waals surface area contributed by atoms with Crippen LogP contribution < -0.4 is 5.32 Å². The number of hydrogen-bond acceptors (Lipinski definition) is 5. The number of aromatic hydroxyl groups is 1. The van der Waals surface area contributed by atoms with E-state index < -0.39 is 5.91 Å². The first kappa shape index (κ1) is 20.6. The molecule has 0 aliphatic carbocycles. The lowest BCUT2D eigenvalue weighted by atomic mass is 9.97. The fourth-order valence-corrected chi connectivity index (χ4v) is 3.62. The number of rotatable bonds is 6. The van der Waals surface area contributed by atoms with Crippen molar-refractivity contribution in [1.82, 2.24) is 10.2 Å². The second-order valence-electron chi connectivity index (χ2n) is 8.14. The Bertz CT molecular complexity index is 1210. The Balaban J connectivity index is 1.49. The second kappa shape index (κ2) is 8.60. The van der Waals surface area contributed by atoms with Crippen LogP contribution in [0.3, 0.4) is 0 Å². The molecule has 3 aromatic carbocycles. The largest absolute Gasteiger partial charge is 0.506 e. The van der Waals surface area contributed by atoms with E-state index in [4.69, 9.17) is 4.42 Å². The number of nitrogens with one attached hydrogen (secondary N) is 1. The van der Waals surface area contributed by atoms with Crippen molar-refractivity contribution in [2.24, 2.45) is 5.92 Å². The van der Waals surface area contributed by atoms with Crippen molar-refractivity contribution >= 4 is 22.7 Å². The lowest BCUT2D eigenvalue weighted by Gasteiger charge is -2.10. The molecule has 1 aromatic heterocycles. The molecule has 31 heavy (non-hydrogen) atoms. The molecule has 0 saturated heterocycles. The van der Waals surface area contributed by atoms with Gasteiger partial charge >= 0.3 is 6.01 Å². The first-order chi connectivity index (χ1) is 14.9. The minimum absolute atomic E-state index is 0.00386. The van der Waals surface area contributed by atoms with Gasteiger partial charge in [-0.1, -0.05) is 73.5 Å². The number of anilines is 1. The summed E-state index contributed by atoms with van der Waals surface area (Å²) >= 11 is 0. The van der Waals surface area contributed by atoms with Crippen LogP contribution in [0.2, 0.25) is 0 Å². The van der Waals surface area contributed by atoms with Crippen molar-refractivity contribution in [3.05, 3.63) is 83.2 Å². The zero-order chi connectivity index (χ0) is 22.0. The summed E-state index contributed by atoms with van der Waals surface area (Å²) in [5.74, 6) is 0.316. The maximum Gasteiger partial charge on any atom is 0.322 e. The smallest absolute Gasteiger partial charge is 0.322 e. The maximum atomic E-state index is 12.7. The number of nitrogens with zero attached hydrogens (tertiary/aromatic N) is 2. The third kappa shape index (κ3) is 4.43. The monoisotopic (exact) mass is 415 g/mol. The summed E-state index contributed by atoms with van der Waals surface area (Å²) in [6.45, 7) is 6.37. The summed E-state index contributed by atoms with van der Waals surface area (Å²) < 4.78 is 5.68. The summed E-state index contributed by atoms with van der Waals surface area (Å²) in [5.41, 5.74) is 2.49. The number of amides is 1. The highest BCUT2D eigenvalue weighted by molar-refractivity contribution is 6.09. The molecule has 1 amide bonds. The molecule has 4 rings (SSSR count). The quantitative estimate of drug-likeness (QED) is 0.432. The van der Waals surface area contributed by atoms with Crippen molar-refractivity contribution in [2.45, 2.75) is 33.1 Å². The Hall–Kier alpha value is -3.67. The molecule has 6 heteroatoms. The van der Waals surface area contributed by atoms with Gasteiger partial charge in [-0.3, -0.25) is 10.1 Å². The predicted molar refractivity (Wildman–Crippen MR) is 120 cm³/mol. The molecule has 1 atom stereocenters. The van der Waals surface area contributed by atoms with E-state index in [-0.39, 0.29) is 23.2 Å². The molecule has 4 aromatic rings. The third-order valence-corrected chi connectivity index (χ3v) is 5.30. The lowest BCUT2D eigenvalue weighted by Crippen LogP contribution is -2.12. The van der Waals surface area contributed by atoms with Crippen LogP contribution in [0.4, 0.5) is 6.01 Å². The van der Waals surface area contributed by atoms with Crippen LogP contribution in [0.1, 0.15) is 54.1 Å². The van der Waals surface area contributed by atoms with Crippen molar-refractivity contribution < 1.29 is 14.3 Å². The highest BCUT2D eigenvalue weighted by Gasteiger charge is 2.19. The summed E-state index contributed by atoms with van der Waals surface area (Å²) in [7, 11) is 0. The van der Waals surface area contributed by atoms with E-state index in [1.54, 1.807) is 18.2 Å². The molecule has 2 N–H and O–H groups in total. The average Bonchev–Trinajstić information content (AvgIpc) is 3.22. The van der Waals surface area contributed by atoms with Gasteiger partial charge in [0.2, 0.25) is 5.89 Å². The molecule has 6 nitrogen and oxygen atoms in total. The Morgan fingerprint density at radius 2 is 1.74 bits per heavy atom. The van der Waals surface area contributed by atoms with Gasteiger partial charge in [0.1, 0.15) is 5.75 Å². The molecule has 0 aliphatic rings. The van der Waals surface area contributed by atoms with E-state index in [0.29, 0.717) is 17.2 Å². The zero-order valence-corrected chi connectivity index (χ0v) is 17.8. The summed E-state index contributed by atoms with van der Waals surface area (Å²) in [6.07, 6.45) is 1.03. The molecule has 1 heterocycles. The Morgan fingerprint density at radius 3 is 2.48 bits per heavy atom. The number of phenols is 1. The van der Waals surface area contributed by atoms with Crippen LogP contribution >= 0.6 is 0 Å². The minimum Gasteiger partial charge on any atom is -0.506 e. The normalized spacial score (nSPS) is 12.3. The lowest BCUT2D eigenvalue weighted by molar-refractivity contribution is 0.102. The van der Waals surface area contributed by atoms with Gasteiger partial charge in [-0.05, 0) is 41.8 Å². The van der Waals surface area contributed by atoms with Crippen molar-refractivity contribution in [1.29, 1.82) is 0 Å².